The third kappa shape index (κ3) is 4.65. The number of anilines is 3. The number of carbonyl (C=O) groups excluding carboxylic acids is 1. The number of hydrogen-bond acceptors (Lipinski definition) is 6. The zero-order valence-corrected chi connectivity index (χ0v) is 21.7. The molecule has 1 unspecified atom stereocenters. The van der Waals surface area contributed by atoms with Crippen LogP contribution < -0.4 is 30.3 Å². The minimum atomic E-state index is -1.03. The molecule has 0 spiro atoms. The number of fused-ring (bicyclic) bond motifs is 1. The molecule has 0 fully saturated rings. The maximum Gasteiger partial charge on any atom is 0.232 e. The summed E-state index contributed by atoms with van der Waals surface area (Å²) in [6.45, 7) is 2.73. The number of nitrogens with zero attached hydrogens (tertiary/aromatic N) is 1. The van der Waals surface area contributed by atoms with E-state index < -0.39 is 11.6 Å². The van der Waals surface area contributed by atoms with Gasteiger partial charge in [-0.2, -0.15) is 0 Å². The van der Waals surface area contributed by atoms with Gasteiger partial charge < -0.3 is 30.3 Å². The quantitative estimate of drug-likeness (QED) is 0.342. The van der Waals surface area contributed by atoms with Crippen molar-refractivity contribution in [3.63, 3.8) is 0 Å². The number of unbranched alkanes of at least 4 members (excludes halogenated alkanes) is 1. The Labute approximate surface area is 213 Å². The molecular formula is C29H36N4O3. The molecule has 3 aromatic carbocycles. The average Bonchev–Trinajstić information content (AvgIpc) is 3.28. The van der Waals surface area contributed by atoms with Gasteiger partial charge in [0.25, 0.3) is 0 Å². The van der Waals surface area contributed by atoms with Gasteiger partial charge >= 0.3 is 0 Å². The van der Waals surface area contributed by atoms with Gasteiger partial charge in [0.05, 0.1) is 25.6 Å². The van der Waals surface area contributed by atoms with Crippen LogP contribution in [0.2, 0.25) is 0 Å². The predicted molar refractivity (Wildman–Crippen MR) is 146 cm³/mol. The minimum Gasteiger partial charge on any atom is -0.493 e. The maximum absolute atomic E-state index is 14.0. The monoisotopic (exact) mass is 488 g/mol. The first-order chi connectivity index (χ1) is 17.4. The van der Waals surface area contributed by atoms with Crippen molar-refractivity contribution in [2.75, 3.05) is 50.4 Å². The molecule has 3 aromatic rings. The van der Waals surface area contributed by atoms with Crippen LogP contribution in [0.1, 0.15) is 36.8 Å². The summed E-state index contributed by atoms with van der Waals surface area (Å²) in [7, 11) is 7.25. The molecule has 3 N–H and O–H groups in total. The van der Waals surface area contributed by atoms with E-state index in [1.165, 1.54) is 0 Å². The van der Waals surface area contributed by atoms with E-state index >= 15 is 0 Å². The highest BCUT2D eigenvalue weighted by atomic mass is 16.5. The van der Waals surface area contributed by atoms with Gasteiger partial charge in [0.2, 0.25) is 5.91 Å². The normalized spacial score (nSPS) is 14.1. The van der Waals surface area contributed by atoms with Crippen molar-refractivity contribution < 1.29 is 14.3 Å². The van der Waals surface area contributed by atoms with E-state index in [4.69, 9.17) is 9.47 Å². The first kappa shape index (κ1) is 25.2. The number of amides is 1. The second kappa shape index (κ2) is 10.8. The minimum absolute atomic E-state index is 0.0706. The van der Waals surface area contributed by atoms with Crippen LogP contribution in [-0.2, 0) is 10.5 Å². The van der Waals surface area contributed by atoms with Crippen LogP contribution in [-0.4, -0.2) is 40.8 Å². The molecule has 0 bridgehead atoms. The van der Waals surface area contributed by atoms with Crippen LogP contribution in [0, 0.1) is 0 Å². The Morgan fingerprint density at radius 3 is 2.17 bits per heavy atom. The van der Waals surface area contributed by atoms with Crippen molar-refractivity contribution in [3.8, 4) is 11.5 Å². The summed E-state index contributed by atoms with van der Waals surface area (Å²) >= 11 is 0. The molecule has 0 saturated heterocycles. The first-order valence-corrected chi connectivity index (χ1v) is 12.4. The van der Waals surface area contributed by atoms with Gasteiger partial charge in [0.15, 0.2) is 17.2 Å². The Morgan fingerprint density at radius 1 is 0.944 bits per heavy atom. The molecule has 7 heteroatoms. The van der Waals surface area contributed by atoms with Gasteiger partial charge in [0, 0.05) is 31.9 Å². The smallest absolute Gasteiger partial charge is 0.232 e. The van der Waals surface area contributed by atoms with Crippen LogP contribution in [0.3, 0.4) is 0 Å². The molecule has 1 heterocycles. The number of ether oxygens (including phenoxy) is 2. The summed E-state index contributed by atoms with van der Waals surface area (Å²) in [4.78, 5) is 16.1. The number of methoxy groups -OCH3 is 2. The average molecular weight is 489 g/mol. The van der Waals surface area contributed by atoms with E-state index in [0.29, 0.717) is 18.0 Å². The van der Waals surface area contributed by atoms with Crippen LogP contribution >= 0.6 is 0 Å². The van der Waals surface area contributed by atoms with Crippen molar-refractivity contribution in [1.82, 2.24) is 5.32 Å². The molecule has 190 valence electrons. The van der Waals surface area contributed by atoms with Crippen molar-refractivity contribution >= 4 is 23.0 Å². The molecule has 36 heavy (non-hydrogen) atoms. The topological polar surface area (TPSA) is 74.9 Å². The molecule has 1 atom stereocenters. The second-order valence-corrected chi connectivity index (χ2v) is 9.21. The van der Waals surface area contributed by atoms with Crippen molar-refractivity contribution in [1.29, 1.82) is 0 Å². The molecule has 0 aromatic heterocycles. The van der Waals surface area contributed by atoms with Crippen LogP contribution in [0.5, 0.6) is 11.5 Å². The third-order valence-corrected chi connectivity index (χ3v) is 6.69. The van der Waals surface area contributed by atoms with Crippen LogP contribution in [0.25, 0.3) is 0 Å². The SMILES string of the molecule is CCCCNC(=O)C(c1ccc(N(C)C)cc1)C1(c2cccc(OC)c2OC)Nc2ccccc2N1. The van der Waals surface area contributed by atoms with Crippen molar-refractivity contribution in [2.45, 2.75) is 31.3 Å². The Morgan fingerprint density at radius 2 is 1.61 bits per heavy atom. The summed E-state index contributed by atoms with van der Waals surface area (Å²) in [5.74, 6) is 0.476. The van der Waals surface area contributed by atoms with Crippen molar-refractivity contribution in [3.05, 3.63) is 77.9 Å². The number of hydrogen-bond donors (Lipinski definition) is 3. The lowest BCUT2D eigenvalue weighted by Crippen LogP contribution is -2.51. The lowest BCUT2D eigenvalue weighted by Gasteiger charge is -2.39. The first-order valence-electron chi connectivity index (χ1n) is 12.4. The summed E-state index contributed by atoms with van der Waals surface area (Å²) in [5, 5.41) is 10.5. The number of rotatable bonds is 10. The maximum atomic E-state index is 14.0. The summed E-state index contributed by atoms with van der Waals surface area (Å²) in [6.07, 6.45) is 1.91. The molecule has 0 aliphatic carbocycles. The van der Waals surface area contributed by atoms with Gasteiger partial charge in [-0.1, -0.05) is 49.7 Å². The highest BCUT2D eigenvalue weighted by Gasteiger charge is 2.51. The summed E-state index contributed by atoms with van der Waals surface area (Å²) in [6, 6.07) is 21.9. The summed E-state index contributed by atoms with van der Waals surface area (Å²) in [5.41, 5.74) is 3.53. The Hall–Kier alpha value is -3.87. The Balaban J connectivity index is 1.93. The number of benzene rings is 3. The van der Waals surface area contributed by atoms with Gasteiger partial charge in [-0.15, -0.1) is 0 Å². The van der Waals surface area contributed by atoms with Gasteiger partial charge in [-0.25, -0.2) is 0 Å². The van der Waals surface area contributed by atoms with E-state index in [2.05, 4.69) is 22.9 Å². The van der Waals surface area contributed by atoms with E-state index in [0.717, 1.165) is 41.0 Å². The molecule has 7 nitrogen and oxygen atoms in total. The van der Waals surface area contributed by atoms with E-state index in [9.17, 15) is 4.79 Å². The molecule has 1 aliphatic rings. The second-order valence-electron chi connectivity index (χ2n) is 9.21. The number of carbonyl (C=O) groups is 1. The van der Waals surface area contributed by atoms with E-state index in [-0.39, 0.29) is 5.91 Å². The highest BCUT2D eigenvalue weighted by molar-refractivity contribution is 5.90. The molecule has 1 amide bonds. The zero-order chi connectivity index (χ0) is 25.7. The molecule has 0 radical (unpaired) electrons. The molecular weight excluding hydrogens is 452 g/mol. The molecule has 0 saturated carbocycles. The van der Waals surface area contributed by atoms with Crippen molar-refractivity contribution in [2.24, 2.45) is 0 Å². The zero-order valence-electron chi connectivity index (χ0n) is 21.7. The predicted octanol–water partition coefficient (Wildman–Crippen LogP) is 5.16. The third-order valence-electron chi connectivity index (χ3n) is 6.69. The Kier molecular flexibility index (Phi) is 7.58. The van der Waals surface area contributed by atoms with Gasteiger partial charge in [-0.05, 0) is 42.3 Å². The van der Waals surface area contributed by atoms with Gasteiger partial charge in [0.1, 0.15) is 5.92 Å². The van der Waals surface area contributed by atoms with E-state index in [1.54, 1.807) is 14.2 Å². The Bertz CT molecular complexity index is 1170. The van der Waals surface area contributed by atoms with Gasteiger partial charge in [-0.3, -0.25) is 4.79 Å². The summed E-state index contributed by atoms with van der Waals surface area (Å²) < 4.78 is 11.5. The van der Waals surface area contributed by atoms with Crippen LogP contribution in [0.4, 0.5) is 17.1 Å². The molecule has 4 rings (SSSR count). The molecule has 1 aliphatic heterocycles. The van der Waals surface area contributed by atoms with Crippen LogP contribution in [0.15, 0.2) is 66.7 Å². The number of nitrogens with one attached hydrogen (secondary N) is 3. The fourth-order valence-corrected chi connectivity index (χ4v) is 4.84. The largest absolute Gasteiger partial charge is 0.493 e. The highest BCUT2D eigenvalue weighted by Crippen LogP contribution is 2.51. The fraction of sp³-hybridized carbons (Fsp3) is 0.345. The lowest BCUT2D eigenvalue weighted by atomic mass is 9.79. The standard InChI is InChI=1S/C29H36N4O3/c1-6-7-19-30-28(34)26(20-15-17-21(18-16-20)33(2)3)29(31-23-12-8-9-13-24(23)32-29)22-11-10-14-25(35-4)27(22)36-5/h8-18,26,31-32H,6-7,19H2,1-5H3,(H,30,34). The lowest BCUT2D eigenvalue weighted by molar-refractivity contribution is -0.123. The van der Waals surface area contributed by atoms with E-state index in [1.807, 2.05) is 85.7 Å². The number of para-hydroxylation sites is 3. The fourth-order valence-electron chi connectivity index (χ4n) is 4.84.